The Labute approximate surface area is 115 Å². The van der Waals surface area contributed by atoms with Gasteiger partial charge < -0.3 is 5.73 Å². The van der Waals surface area contributed by atoms with Crippen molar-refractivity contribution in [3.8, 4) is 0 Å². The number of halogens is 1. The summed E-state index contributed by atoms with van der Waals surface area (Å²) < 4.78 is 15.0. The highest BCUT2D eigenvalue weighted by molar-refractivity contribution is 5.74. The van der Waals surface area contributed by atoms with E-state index < -0.39 is 0 Å². The SMILES string of the molecule is NC1CCN(Cn2c(=O)cnc3ccc(F)cc32)CC1. The molecule has 2 heterocycles. The molecule has 1 aromatic heterocycles. The third kappa shape index (κ3) is 2.57. The zero-order valence-corrected chi connectivity index (χ0v) is 11.1. The van der Waals surface area contributed by atoms with E-state index in [0.717, 1.165) is 25.9 Å². The van der Waals surface area contributed by atoms with Gasteiger partial charge in [0, 0.05) is 19.1 Å². The highest BCUT2D eigenvalue weighted by Gasteiger charge is 2.17. The predicted octanol–water partition coefficient (Wildman–Crippen LogP) is 0.916. The molecule has 0 bridgehead atoms. The Morgan fingerprint density at radius 1 is 1.35 bits per heavy atom. The van der Waals surface area contributed by atoms with E-state index >= 15 is 0 Å². The summed E-state index contributed by atoms with van der Waals surface area (Å²) in [6.07, 6.45) is 3.13. The van der Waals surface area contributed by atoms with Crippen molar-refractivity contribution in [3.63, 3.8) is 0 Å². The molecule has 6 heteroatoms. The van der Waals surface area contributed by atoms with Gasteiger partial charge in [0.15, 0.2) is 0 Å². The van der Waals surface area contributed by atoms with Gasteiger partial charge in [-0.15, -0.1) is 0 Å². The van der Waals surface area contributed by atoms with Crippen LogP contribution in [-0.2, 0) is 6.67 Å². The number of piperidine rings is 1. The molecule has 3 rings (SSSR count). The Morgan fingerprint density at radius 2 is 2.10 bits per heavy atom. The van der Waals surface area contributed by atoms with E-state index in [-0.39, 0.29) is 17.4 Å². The van der Waals surface area contributed by atoms with Gasteiger partial charge in [-0.3, -0.25) is 14.3 Å². The van der Waals surface area contributed by atoms with Crippen molar-refractivity contribution in [2.45, 2.75) is 25.6 Å². The highest BCUT2D eigenvalue weighted by atomic mass is 19.1. The molecule has 5 nitrogen and oxygen atoms in total. The molecule has 1 saturated heterocycles. The van der Waals surface area contributed by atoms with Gasteiger partial charge in [-0.1, -0.05) is 0 Å². The molecule has 106 valence electrons. The Kier molecular flexibility index (Phi) is 3.50. The van der Waals surface area contributed by atoms with Gasteiger partial charge in [0.1, 0.15) is 5.82 Å². The van der Waals surface area contributed by atoms with Crippen LogP contribution >= 0.6 is 0 Å². The lowest BCUT2D eigenvalue weighted by atomic mass is 10.1. The van der Waals surface area contributed by atoms with E-state index in [9.17, 15) is 9.18 Å². The van der Waals surface area contributed by atoms with Crippen LogP contribution in [0.5, 0.6) is 0 Å². The zero-order valence-electron chi connectivity index (χ0n) is 11.1. The van der Waals surface area contributed by atoms with Gasteiger partial charge in [-0.05, 0) is 31.0 Å². The summed E-state index contributed by atoms with van der Waals surface area (Å²) in [5.41, 5.74) is 6.82. The van der Waals surface area contributed by atoms with Crippen LogP contribution in [0.25, 0.3) is 11.0 Å². The lowest BCUT2D eigenvalue weighted by molar-refractivity contribution is 0.171. The first kappa shape index (κ1) is 13.2. The van der Waals surface area contributed by atoms with E-state index in [0.29, 0.717) is 17.7 Å². The minimum Gasteiger partial charge on any atom is -0.328 e. The molecule has 1 aliphatic heterocycles. The molecular formula is C14H17FN4O. The average Bonchev–Trinajstić information content (AvgIpc) is 2.44. The van der Waals surface area contributed by atoms with Crippen LogP contribution in [0, 0.1) is 5.82 Å². The monoisotopic (exact) mass is 276 g/mol. The van der Waals surface area contributed by atoms with Crippen LogP contribution in [-0.4, -0.2) is 33.6 Å². The number of nitrogens with zero attached hydrogens (tertiary/aromatic N) is 3. The molecule has 2 N–H and O–H groups in total. The number of likely N-dealkylation sites (tertiary alicyclic amines) is 1. The lowest BCUT2D eigenvalue weighted by Gasteiger charge is -2.30. The molecular weight excluding hydrogens is 259 g/mol. The molecule has 1 aliphatic rings. The van der Waals surface area contributed by atoms with Crippen LogP contribution in [0.4, 0.5) is 4.39 Å². The van der Waals surface area contributed by atoms with Crippen molar-refractivity contribution in [2.75, 3.05) is 13.1 Å². The molecule has 0 unspecified atom stereocenters. The molecule has 2 aromatic rings. The fourth-order valence-electron chi connectivity index (χ4n) is 2.58. The van der Waals surface area contributed by atoms with E-state index in [1.54, 1.807) is 10.6 Å². The number of rotatable bonds is 2. The molecule has 0 aliphatic carbocycles. The predicted molar refractivity (Wildman–Crippen MR) is 74.7 cm³/mol. The molecule has 1 fully saturated rings. The maximum absolute atomic E-state index is 13.4. The van der Waals surface area contributed by atoms with Gasteiger partial charge in [-0.2, -0.15) is 0 Å². The van der Waals surface area contributed by atoms with Crippen molar-refractivity contribution in [1.82, 2.24) is 14.5 Å². The van der Waals surface area contributed by atoms with Crippen molar-refractivity contribution < 1.29 is 4.39 Å². The molecule has 0 atom stereocenters. The van der Waals surface area contributed by atoms with Gasteiger partial charge in [0.25, 0.3) is 5.56 Å². The van der Waals surface area contributed by atoms with Gasteiger partial charge >= 0.3 is 0 Å². The summed E-state index contributed by atoms with van der Waals surface area (Å²) in [6, 6.07) is 4.55. The number of aromatic nitrogens is 2. The van der Waals surface area contributed by atoms with Crippen molar-refractivity contribution in [3.05, 3.63) is 40.6 Å². The second kappa shape index (κ2) is 5.30. The number of hydrogen-bond acceptors (Lipinski definition) is 4. The fraction of sp³-hybridized carbons (Fsp3) is 0.429. The summed E-state index contributed by atoms with van der Waals surface area (Å²) in [6.45, 7) is 2.16. The topological polar surface area (TPSA) is 64.2 Å². The first-order valence-electron chi connectivity index (χ1n) is 6.76. The molecule has 0 saturated carbocycles. The van der Waals surface area contributed by atoms with Gasteiger partial charge in [-0.25, -0.2) is 9.37 Å². The number of hydrogen-bond donors (Lipinski definition) is 1. The summed E-state index contributed by atoms with van der Waals surface area (Å²) in [4.78, 5) is 18.2. The molecule has 0 amide bonds. The molecule has 0 radical (unpaired) electrons. The number of fused-ring (bicyclic) bond motifs is 1. The first-order valence-corrected chi connectivity index (χ1v) is 6.76. The third-order valence-electron chi connectivity index (χ3n) is 3.78. The quantitative estimate of drug-likeness (QED) is 0.885. The van der Waals surface area contributed by atoms with E-state index in [1.165, 1.54) is 18.3 Å². The maximum Gasteiger partial charge on any atom is 0.270 e. The summed E-state index contributed by atoms with van der Waals surface area (Å²) in [5.74, 6) is -0.362. The van der Waals surface area contributed by atoms with Crippen LogP contribution in [0.1, 0.15) is 12.8 Å². The summed E-state index contributed by atoms with van der Waals surface area (Å²) in [5, 5.41) is 0. The Balaban J connectivity index is 1.95. The Bertz CT molecular complexity index is 676. The van der Waals surface area contributed by atoms with Gasteiger partial charge in [0.2, 0.25) is 0 Å². The minimum atomic E-state index is -0.362. The highest BCUT2D eigenvalue weighted by Crippen LogP contribution is 2.14. The van der Waals surface area contributed by atoms with E-state index in [1.807, 2.05) is 0 Å². The van der Waals surface area contributed by atoms with Crippen molar-refractivity contribution in [2.24, 2.45) is 5.73 Å². The Hall–Kier alpha value is -1.79. The van der Waals surface area contributed by atoms with E-state index in [4.69, 9.17) is 5.73 Å². The van der Waals surface area contributed by atoms with Crippen LogP contribution < -0.4 is 11.3 Å². The summed E-state index contributed by atoms with van der Waals surface area (Å²) in [7, 11) is 0. The second-order valence-electron chi connectivity index (χ2n) is 5.25. The number of benzene rings is 1. The fourth-order valence-corrected chi connectivity index (χ4v) is 2.58. The maximum atomic E-state index is 13.4. The Morgan fingerprint density at radius 3 is 2.85 bits per heavy atom. The van der Waals surface area contributed by atoms with Crippen LogP contribution in [0.15, 0.2) is 29.2 Å². The van der Waals surface area contributed by atoms with Crippen LogP contribution in [0.2, 0.25) is 0 Å². The average molecular weight is 276 g/mol. The molecule has 20 heavy (non-hydrogen) atoms. The number of nitrogens with two attached hydrogens (primary N) is 1. The van der Waals surface area contributed by atoms with Crippen LogP contribution in [0.3, 0.4) is 0 Å². The molecule has 0 spiro atoms. The largest absolute Gasteiger partial charge is 0.328 e. The zero-order chi connectivity index (χ0) is 14.1. The summed E-state index contributed by atoms with van der Waals surface area (Å²) >= 11 is 0. The van der Waals surface area contributed by atoms with Crippen molar-refractivity contribution in [1.29, 1.82) is 0 Å². The minimum absolute atomic E-state index is 0.210. The van der Waals surface area contributed by atoms with E-state index in [2.05, 4.69) is 9.88 Å². The second-order valence-corrected chi connectivity index (χ2v) is 5.25. The lowest BCUT2D eigenvalue weighted by Crippen LogP contribution is -2.42. The smallest absolute Gasteiger partial charge is 0.270 e. The normalized spacial score (nSPS) is 17.7. The van der Waals surface area contributed by atoms with Gasteiger partial charge in [0.05, 0.1) is 23.9 Å². The standard InChI is InChI=1S/C14H17FN4O/c15-10-1-2-12-13(7-10)19(14(20)8-17-12)9-18-5-3-11(16)4-6-18/h1-2,7-8,11H,3-6,9,16H2. The molecule has 1 aromatic carbocycles. The third-order valence-corrected chi connectivity index (χ3v) is 3.78. The first-order chi connectivity index (χ1) is 9.63. The van der Waals surface area contributed by atoms with Crippen molar-refractivity contribution >= 4 is 11.0 Å².